The topological polar surface area (TPSA) is 78.1 Å². The predicted octanol–water partition coefficient (Wildman–Crippen LogP) is 2.78. The lowest BCUT2D eigenvalue weighted by Gasteiger charge is -2.26. The van der Waals surface area contributed by atoms with Crippen LogP contribution in [0.4, 0.5) is 10.5 Å². The van der Waals surface area contributed by atoms with E-state index in [4.69, 9.17) is 0 Å². The molecule has 1 fully saturated rings. The maximum absolute atomic E-state index is 12.2. The predicted molar refractivity (Wildman–Crippen MR) is 80.5 cm³/mol. The minimum Gasteiger partial charge on any atom is -0.325 e. The molecular formula is C15H18N4O2. The number of Topliss-reactive ketones (excluding diaryl/α,β-unsaturated/α-hetero) is 1. The molecule has 1 aromatic carbocycles. The van der Waals surface area contributed by atoms with Gasteiger partial charge in [0.05, 0.1) is 5.52 Å². The van der Waals surface area contributed by atoms with Gasteiger partial charge >= 0.3 is 6.03 Å². The summed E-state index contributed by atoms with van der Waals surface area (Å²) in [5, 5.41) is 10.5. The van der Waals surface area contributed by atoms with Crippen LogP contribution in [0.15, 0.2) is 18.2 Å². The zero-order chi connectivity index (χ0) is 14.8. The summed E-state index contributed by atoms with van der Waals surface area (Å²) >= 11 is 0. The lowest BCUT2D eigenvalue weighted by molar-refractivity contribution is 0.101. The molecular weight excluding hydrogens is 268 g/mol. The molecule has 6 nitrogen and oxygen atoms in total. The number of rotatable bonds is 2. The number of aromatic amines is 1. The average molecular weight is 286 g/mol. The molecule has 0 unspecified atom stereocenters. The Morgan fingerprint density at radius 2 is 2.00 bits per heavy atom. The maximum Gasteiger partial charge on any atom is 0.321 e. The fraction of sp³-hybridized carbons (Fsp3) is 0.400. The molecule has 1 aliphatic heterocycles. The standard InChI is InChI=1S/C15H18N4O2/c1-10(20)14-12-9-11(5-6-13(12)17-18-14)16-15(21)19-7-3-2-4-8-19/h5-6,9H,2-4,7-8H2,1H3,(H,16,21)(H,17,18). The Labute approximate surface area is 122 Å². The number of nitrogens with one attached hydrogen (secondary N) is 2. The Balaban J connectivity index is 1.81. The zero-order valence-electron chi connectivity index (χ0n) is 12.0. The van der Waals surface area contributed by atoms with Crippen molar-refractivity contribution in [1.82, 2.24) is 15.1 Å². The van der Waals surface area contributed by atoms with Crippen molar-refractivity contribution in [3.8, 4) is 0 Å². The quantitative estimate of drug-likeness (QED) is 0.833. The van der Waals surface area contributed by atoms with Crippen LogP contribution in [-0.4, -0.2) is 40.0 Å². The van der Waals surface area contributed by atoms with E-state index >= 15 is 0 Å². The van der Waals surface area contributed by atoms with Crippen LogP contribution in [0, 0.1) is 0 Å². The first-order valence-electron chi connectivity index (χ1n) is 7.20. The van der Waals surface area contributed by atoms with Crippen LogP contribution in [-0.2, 0) is 0 Å². The van der Waals surface area contributed by atoms with E-state index in [1.807, 2.05) is 17.0 Å². The monoisotopic (exact) mass is 286 g/mol. The molecule has 0 spiro atoms. The van der Waals surface area contributed by atoms with Gasteiger partial charge in [0.2, 0.25) is 0 Å². The summed E-state index contributed by atoms with van der Waals surface area (Å²) in [5.41, 5.74) is 1.87. The Hall–Kier alpha value is -2.37. The van der Waals surface area contributed by atoms with Gasteiger partial charge in [-0.15, -0.1) is 0 Å². The molecule has 2 heterocycles. The summed E-state index contributed by atoms with van der Waals surface area (Å²) in [6.45, 7) is 3.09. The van der Waals surface area contributed by atoms with Crippen LogP contribution in [0.5, 0.6) is 0 Å². The maximum atomic E-state index is 12.2. The lowest BCUT2D eigenvalue weighted by atomic mass is 10.1. The number of urea groups is 1. The summed E-state index contributed by atoms with van der Waals surface area (Å²) in [6.07, 6.45) is 3.30. The minimum atomic E-state index is -0.0965. The molecule has 1 aromatic heterocycles. The number of benzene rings is 1. The van der Waals surface area contributed by atoms with Gasteiger partial charge in [0.1, 0.15) is 5.69 Å². The second-order valence-corrected chi connectivity index (χ2v) is 5.37. The number of hydrogen-bond donors (Lipinski definition) is 2. The van der Waals surface area contributed by atoms with E-state index in [9.17, 15) is 9.59 Å². The fourth-order valence-electron chi connectivity index (χ4n) is 2.66. The molecule has 21 heavy (non-hydrogen) atoms. The van der Waals surface area contributed by atoms with Crippen molar-refractivity contribution < 1.29 is 9.59 Å². The molecule has 1 aliphatic rings. The van der Waals surface area contributed by atoms with E-state index in [0.29, 0.717) is 11.4 Å². The highest BCUT2D eigenvalue weighted by atomic mass is 16.2. The number of nitrogens with zero attached hydrogens (tertiary/aromatic N) is 2. The molecule has 2 aromatic rings. The van der Waals surface area contributed by atoms with Gasteiger partial charge in [0.15, 0.2) is 5.78 Å². The summed E-state index contributed by atoms with van der Waals surface area (Å²) in [7, 11) is 0. The Morgan fingerprint density at radius 1 is 1.24 bits per heavy atom. The molecule has 110 valence electrons. The summed E-state index contributed by atoms with van der Waals surface area (Å²) < 4.78 is 0. The van der Waals surface area contributed by atoms with Crippen LogP contribution in [0.1, 0.15) is 36.7 Å². The third-order valence-electron chi connectivity index (χ3n) is 3.79. The van der Waals surface area contributed by atoms with Gasteiger partial charge in [0.25, 0.3) is 0 Å². The SMILES string of the molecule is CC(=O)c1n[nH]c2ccc(NC(=O)N3CCCCC3)cc12. The first-order valence-corrected chi connectivity index (χ1v) is 7.20. The fourth-order valence-corrected chi connectivity index (χ4v) is 2.66. The zero-order valence-corrected chi connectivity index (χ0v) is 12.0. The van der Waals surface area contributed by atoms with E-state index in [1.54, 1.807) is 6.07 Å². The van der Waals surface area contributed by atoms with Crippen LogP contribution >= 0.6 is 0 Å². The van der Waals surface area contributed by atoms with E-state index < -0.39 is 0 Å². The van der Waals surface area contributed by atoms with Crippen molar-refractivity contribution in [3.05, 3.63) is 23.9 Å². The third kappa shape index (κ3) is 2.74. The molecule has 0 aliphatic carbocycles. The van der Waals surface area contributed by atoms with Gasteiger partial charge in [-0.25, -0.2) is 4.79 Å². The van der Waals surface area contributed by atoms with Gasteiger partial charge in [-0.1, -0.05) is 0 Å². The molecule has 0 radical (unpaired) electrons. The number of piperidine rings is 1. The summed E-state index contributed by atoms with van der Waals surface area (Å²) in [4.78, 5) is 25.5. The van der Waals surface area contributed by atoms with Crippen molar-refractivity contribution in [3.63, 3.8) is 0 Å². The van der Waals surface area contributed by atoms with E-state index in [-0.39, 0.29) is 11.8 Å². The third-order valence-corrected chi connectivity index (χ3v) is 3.79. The molecule has 0 saturated carbocycles. The van der Waals surface area contributed by atoms with Gasteiger partial charge in [0, 0.05) is 31.1 Å². The summed E-state index contributed by atoms with van der Waals surface area (Å²) in [5.74, 6) is -0.0965. The number of carbonyl (C=O) groups is 2. The number of H-pyrrole nitrogens is 1. The first kappa shape index (κ1) is 13.6. The van der Waals surface area contributed by atoms with Crippen molar-refractivity contribution in [2.45, 2.75) is 26.2 Å². The molecule has 6 heteroatoms. The van der Waals surface area contributed by atoms with Gasteiger partial charge in [-0.05, 0) is 37.5 Å². The lowest BCUT2D eigenvalue weighted by Crippen LogP contribution is -2.38. The Morgan fingerprint density at radius 3 is 2.71 bits per heavy atom. The van der Waals surface area contributed by atoms with Crippen molar-refractivity contribution >= 4 is 28.4 Å². The van der Waals surface area contributed by atoms with Crippen molar-refractivity contribution in [2.75, 3.05) is 18.4 Å². The van der Waals surface area contributed by atoms with Gasteiger partial charge in [-0.3, -0.25) is 9.89 Å². The van der Waals surface area contributed by atoms with Gasteiger partial charge < -0.3 is 10.2 Å². The normalized spacial score (nSPS) is 15.2. The van der Waals surface area contributed by atoms with Crippen LogP contribution in [0.2, 0.25) is 0 Å². The van der Waals surface area contributed by atoms with E-state index in [1.165, 1.54) is 13.3 Å². The number of hydrogen-bond acceptors (Lipinski definition) is 3. The van der Waals surface area contributed by atoms with Crippen LogP contribution in [0.25, 0.3) is 10.9 Å². The highest BCUT2D eigenvalue weighted by Gasteiger charge is 2.17. The molecule has 2 amide bonds. The molecule has 1 saturated heterocycles. The molecule has 0 bridgehead atoms. The Kier molecular flexibility index (Phi) is 3.60. The number of ketones is 1. The minimum absolute atomic E-state index is 0.0816. The molecule has 2 N–H and O–H groups in total. The van der Waals surface area contributed by atoms with Crippen LogP contribution in [0.3, 0.4) is 0 Å². The highest BCUT2D eigenvalue weighted by Crippen LogP contribution is 2.21. The number of aromatic nitrogens is 2. The number of fused-ring (bicyclic) bond motifs is 1. The largest absolute Gasteiger partial charge is 0.325 e. The molecule has 3 rings (SSSR count). The number of likely N-dealkylation sites (tertiary alicyclic amines) is 1. The van der Waals surface area contributed by atoms with Gasteiger partial charge in [-0.2, -0.15) is 5.10 Å². The van der Waals surface area contributed by atoms with E-state index in [0.717, 1.165) is 36.8 Å². The van der Waals surface area contributed by atoms with Crippen molar-refractivity contribution in [1.29, 1.82) is 0 Å². The Bertz CT molecular complexity index is 686. The van der Waals surface area contributed by atoms with Crippen molar-refractivity contribution in [2.24, 2.45) is 0 Å². The van der Waals surface area contributed by atoms with E-state index in [2.05, 4.69) is 15.5 Å². The smallest absolute Gasteiger partial charge is 0.321 e. The second kappa shape index (κ2) is 5.55. The van der Waals surface area contributed by atoms with Crippen LogP contribution < -0.4 is 5.32 Å². The number of amides is 2. The number of carbonyl (C=O) groups excluding carboxylic acids is 2. The summed E-state index contributed by atoms with van der Waals surface area (Å²) in [6, 6.07) is 5.34. The average Bonchev–Trinajstić information content (AvgIpc) is 2.91. The second-order valence-electron chi connectivity index (χ2n) is 5.37. The highest BCUT2D eigenvalue weighted by molar-refractivity contribution is 6.06. The molecule has 0 atom stereocenters. The number of anilines is 1. The first-order chi connectivity index (χ1) is 10.1.